The van der Waals surface area contributed by atoms with Gasteiger partial charge < -0.3 is 4.90 Å². The molecule has 0 radical (unpaired) electrons. The van der Waals surface area contributed by atoms with Crippen LogP contribution in [0.3, 0.4) is 0 Å². The molecular formula is C16H20N4. The molecule has 2 aliphatic rings. The molecular weight excluding hydrogens is 248 g/mol. The third-order valence-corrected chi connectivity index (χ3v) is 5.04. The standard InChI is InChI=1S/C16H20N4/c1-12(2)19-9-7-16(8-10-19)13-5-3-4-6-14(13)20-11-17-18-15(16)20/h3-6,11-12H,7-10H2,1-2H3. The maximum absolute atomic E-state index is 4.45. The van der Waals surface area contributed by atoms with Crippen LogP contribution in [0.2, 0.25) is 0 Å². The number of benzene rings is 1. The van der Waals surface area contributed by atoms with Crippen LogP contribution < -0.4 is 0 Å². The summed E-state index contributed by atoms with van der Waals surface area (Å²) in [5.41, 5.74) is 2.79. The lowest BCUT2D eigenvalue weighted by atomic mass is 9.73. The second kappa shape index (κ2) is 4.16. The summed E-state index contributed by atoms with van der Waals surface area (Å²) in [4.78, 5) is 2.56. The molecule has 104 valence electrons. The van der Waals surface area contributed by atoms with Crippen molar-refractivity contribution in [3.63, 3.8) is 0 Å². The summed E-state index contributed by atoms with van der Waals surface area (Å²) < 4.78 is 2.18. The van der Waals surface area contributed by atoms with E-state index in [1.54, 1.807) is 0 Å². The van der Waals surface area contributed by atoms with E-state index < -0.39 is 0 Å². The molecule has 0 aliphatic carbocycles. The van der Waals surface area contributed by atoms with Crippen molar-refractivity contribution in [2.45, 2.75) is 38.1 Å². The lowest BCUT2D eigenvalue weighted by Crippen LogP contribution is -2.45. The Morgan fingerprint density at radius 2 is 1.90 bits per heavy atom. The summed E-state index contributed by atoms with van der Waals surface area (Å²) in [5, 5.41) is 8.60. The van der Waals surface area contributed by atoms with Gasteiger partial charge >= 0.3 is 0 Å². The lowest BCUT2D eigenvalue weighted by molar-refractivity contribution is 0.144. The summed E-state index contributed by atoms with van der Waals surface area (Å²) in [6.07, 6.45) is 4.14. The maximum Gasteiger partial charge on any atom is 0.148 e. The number of nitrogens with zero attached hydrogens (tertiary/aromatic N) is 4. The van der Waals surface area contributed by atoms with Crippen LogP contribution in [0.5, 0.6) is 0 Å². The first-order chi connectivity index (χ1) is 9.72. The Kier molecular flexibility index (Phi) is 2.51. The van der Waals surface area contributed by atoms with Crippen LogP contribution in [-0.4, -0.2) is 38.8 Å². The first-order valence-corrected chi connectivity index (χ1v) is 7.47. The molecule has 2 aromatic rings. The molecule has 0 bridgehead atoms. The predicted octanol–water partition coefficient (Wildman–Crippen LogP) is 2.37. The van der Waals surface area contributed by atoms with Gasteiger partial charge in [0.2, 0.25) is 0 Å². The summed E-state index contributed by atoms with van der Waals surface area (Å²) in [7, 11) is 0. The summed E-state index contributed by atoms with van der Waals surface area (Å²) in [5.74, 6) is 1.14. The number of hydrogen-bond acceptors (Lipinski definition) is 3. The lowest BCUT2D eigenvalue weighted by Gasteiger charge is -2.40. The molecule has 1 saturated heterocycles. The average molecular weight is 268 g/mol. The molecule has 1 aromatic carbocycles. The molecule has 0 N–H and O–H groups in total. The summed E-state index contributed by atoms with van der Waals surface area (Å²) in [6, 6.07) is 9.34. The second-order valence-electron chi connectivity index (χ2n) is 6.25. The zero-order valence-corrected chi connectivity index (χ0v) is 12.1. The van der Waals surface area contributed by atoms with Crippen molar-refractivity contribution in [2.75, 3.05) is 13.1 Å². The average Bonchev–Trinajstić information content (AvgIpc) is 3.04. The van der Waals surface area contributed by atoms with E-state index in [9.17, 15) is 0 Å². The molecule has 4 nitrogen and oxygen atoms in total. The number of para-hydroxylation sites is 1. The predicted molar refractivity (Wildman–Crippen MR) is 78.1 cm³/mol. The highest BCUT2D eigenvalue weighted by molar-refractivity contribution is 5.55. The Morgan fingerprint density at radius 1 is 1.15 bits per heavy atom. The van der Waals surface area contributed by atoms with Crippen molar-refractivity contribution in [1.29, 1.82) is 0 Å². The van der Waals surface area contributed by atoms with E-state index in [1.165, 1.54) is 11.3 Å². The van der Waals surface area contributed by atoms with Crippen LogP contribution in [0.1, 0.15) is 38.1 Å². The molecule has 0 amide bonds. The Balaban J connectivity index is 1.80. The zero-order valence-electron chi connectivity index (χ0n) is 12.1. The van der Waals surface area contributed by atoms with Gasteiger partial charge in [-0.3, -0.25) is 4.57 Å². The highest BCUT2D eigenvalue weighted by Gasteiger charge is 2.47. The summed E-state index contributed by atoms with van der Waals surface area (Å²) >= 11 is 0. The van der Waals surface area contributed by atoms with E-state index in [0.29, 0.717) is 6.04 Å². The van der Waals surface area contributed by atoms with Crippen molar-refractivity contribution in [3.05, 3.63) is 42.0 Å². The largest absolute Gasteiger partial charge is 0.301 e. The Hall–Kier alpha value is -1.68. The number of rotatable bonds is 1. The molecule has 0 atom stereocenters. The van der Waals surface area contributed by atoms with Gasteiger partial charge in [0.15, 0.2) is 0 Å². The molecule has 0 unspecified atom stereocenters. The highest BCUT2D eigenvalue weighted by atomic mass is 15.3. The van der Waals surface area contributed by atoms with Crippen LogP contribution >= 0.6 is 0 Å². The zero-order chi connectivity index (χ0) is 13.7. The fourth-order valence-corrected chi connectivity index (χ4v) is 3.86. The van der Waals surface area contributed by atoms with Crippen LogP contribution in [0.25, 0.3) is 5.69 Å². The molecule has 20 heavy (non-hydrogen) atoms. The van der Waals surface area contributed by atoms with Gasteiger partial charge in [0.1, 0.15) is 12.2 Å². The number of likely N-dealkylation sites (tertiary alicyclic amines) is 1. The van der Waals surface area contributed by atoms with Crippen molar-refractivity contribution < 1.29 is 0 Å². The first-order valence-electron chi connectivity index (χ1n) is 7.47. The van der Waals surface area contributed by atoms with E-state index in [2.05, 4.69) is 57.8 Å². The van der Waals surface area contributed by atoms with Gasteiger partial charge in [-0.15, -0.1) is 10.2 Å². The normalized spacial score (nSPS) is 20.4. The number of hydrogen-bond donors (Lipinski definition) is 0. The van der Waals surface area contributed by atoms with Crippen molar-refractivity contribution in [3.8, 4) is 5.69 Å². The molecule has 4 heteroatoms. The fraction of sp³-hybridized carbons (Fsp3) is 0.500. The van der Waals surface area contributed by atoms with Gasteiger partial charge in [-0.2, -0.15) is 0 Å². The van der Waals surface area contributed by atoms with Gasteiger partial charge in [-0.05, 0) is 51.4 Å². The minimum absolute atomic E-state index is 0.0818. The van der Waals surface area contributed by atoms with Crippen molar-refractivity contribution in [2.24, 2.45) is 0 Å². The molecule has 0 saturated carbocycles. The molecule has 2 aliphatic heterocycles. The SMILES string of the molecule is CC(C)N1CCC2(CC1)c1ccccc1-n1cnnc12. The van der Waals surface area contributed by atoms with Gasteiger partial charge in [0.25, 0.3) is 0 Å². The Labute approximate surface area is 119 Å². The van der Waals surface area contributed by atoms with E-state index >= 15 is 0 Å². The Morgan fingerprint density at radius 3 is 2.65 bits per heavy atom. The smallest absolute Gasteiger partial charge is 0.148 e. The molecule has 1 aromatic heterocycles. The van der Waals surface area contributed by atoms with Gasteiger partial charge in [0, 0.05) is 6.04 Å². The maximum atomic E-state index is 4.45. The third-order valence-electron chi connectivity index (χ3n) is 5.04. The summed E-state index contributed by atoms with van der Waals surface area (Å²) in [6.45, 7) is 6.84. The van der Waals surface area contributed by atoms with Gasteiger partial charge in [-0.1, -0.05) is 18.2 Å². The van der Waals surface area contributed by atoms with Crippen LogP contribution in [0, 0.1) is 0 Å². The van der Waals surface area contributed by atoms with Gasteiger partial charge in [-0.25, -0.2) is 0 Å². The number of piperidine rings is 1. The number of fused-ring (bicyclic) bond motifs is 5. The molecule has 1 spiro atoms. The first kappa shape index (κ1) is 12.1. The molecule has 4 rings (SSSR count). The quantitative estimate of drug-likeness (QED) is 0.796. The van der Waals surface area contributed by atoms with E-state index in [-0.39, 0.29) is 5.41 Å². The second-order valence-corrected chi connectivity index (χ2v) is 6.25. The minimum Gasteiger partial charge on any atom is -0.301 e. The topological polar surface area (TPSA) is 34.0 Å². The van der Waals surface area contributed by atoms with E-state index in [1.807, 2.05) is 6.33 Å². The van der Waals surface area contributed by atoms with E-state index in [0.717, 1.165) is 31.8 Å². The fourth-order valence-electron chi connectivity index (χ4n) is 3.86. The molecule has 1 fully saturated rings. The monoisotopic (exact) mass is 268 g/mol. The van der Waals surface area contributed by atoms with Gasteiger partial charge in [0.05, 0.1) is 11.1 Å². The van der Waals surface area contributed by atoms with Crippen molar-refractivity contribution >= 4 is 0 Å². The third kappa shape index (κ3) is 1.45. The highest BCUT2D eigenvalue weighted by Crippen LogP contribution is 2.48. The molecule has 3 heterocycles. The minimum atomic E-state index is 0.0818. The van der Waals surface area contributed by atoms with Crippen molar-refractivity contribution in [1.82, 2.24) is 19.7 Å². The van der Waals surface area contributed by atoms with Crippen LogP contribution in [0.4, 0.5) is 0 Å². The van der Waals surface area contributed by atoms with Crippen LogP contribution in [0.15, 0.2) is 30.6 Å². The Bertz CT molecular complexity index is 635. The van der Waals surface area contributed by atoms with E-state index in [4.69, 9.17) is 0 Å². The number of aromatic nitrogens is 3. The van der Waals surface area contributed by atoms with Crippen LogP contribution in [-0.2, 0) is 5.41 Å².